The number of nitrogens with zero attached hydrogens (tertiary/aromatic N) is 2. The van der Waals surface area contributed by atoms with E-state index in [0.29, 0.717) is 10.8 Å². The molecule has 0 fully saturated rings. The molecule has 3 N–H and O–H groups in total. The number of rotatable bonds is 4. The van der Waals surface area contributed by atoms with Gasteiger partial charge in [-0.15, -0.1) is 5.10 Å². The normalized spacial score (nSPS) is 12.4. The summed E-state index contributed by atoms with van der Waals surface area (Å²) in [5.41, 5.74) is 4.57. The molecule has 0 bridgehead atoms. The number of aryl methyl sites for hydroxylation is 1. The lowest BCUT2D eigenvalue weighted by atomic mass is 10.0. The Morgan fingerprint density at radius 2 is 2.28 bits per heavy atom. The number of benzene rings is 1. The van der Waals surface area contributed by atoms with Crippen LogP contribution in [-0.4, -0.2) is 16.7 Å². The third-order valence-corrected chi connectivity index (χ3v) is 3.83. The lowest BCUT2D eigenvalue weighted by Gasteiger charge is -2.16. The number of ether oxygens (including phenoxy) is 1. The Balaban J connectivity index is 2.42. The summed E-state index contributed by atoms with van der Waals surface area (Å²) in [7, 11) is 1.58. The van der Waals surface area contributed by atoms with Gasteiger partial charge < -0.3 is 4.74 Å². The molecule has 2 aromatic rings. The first-order valence-corrected chi connectivity index (χ1v) is 6.41. The second-order valence-electron chi connectivity index (χ2n) is 3.72. The van der Waals surface area contributed by atoms with Gasteiger partial charge in [-0.3, -0.25) is 5.84 Å². The van der Waals surface area contributed by atoms with Crippen LogP contribution < -0.4 is 16.0 Å². The molecule has 0 saturated heterocycles. The van der Waals surface area contributed by atoms with E-state index in [2.05, 4.69) is 15.0 Å². The zero-order valence-electron chi connectivity index (χ0n) is 9.98. The highest BCUT2D eigenvalue weighted by atomic mass is 35.5. The molecular weight excluding hydrogens is 272 g/mol. The number of hydrazine groups is 1. The van der Waals surface area contributed by atoms with Crippen LogP contribution in [0.25, 0.3) is 0 Å². The van der Waals surface area contributed by atoms with E-state index in [1.807, 2.05) is 19.1 Å². The third-order valence-electron chi connectivity index (χ3n) is 2.62. The van der Waals surface area contributed by atoms with Crippen molar-refractivity contribution in [3.8, 4) is 5.75 Å². The van der Waals surface area contributed by atoms with Crippen LogP contribution in [-0.2, 0) is 0 Å². The average Bonchev–Trinajstić information content (AvgIpc) is 2.79. The fourth-order valence-electron chi connectivity index (χ4n) is 1.68. The predicted octanol–water partition coefficient (Wildman–Crippen LogP) is 2.06. The number of nitrogens with two attached hydrogens (primary N) is 1. The highest BCUT2D eigenvalue weighted by Crippen LogP contribution is 2.31. The molecule has 0 amide bonds. The van der Waals surface area contributed by atoms with Gasteiger partial charge in [0.25, 0.3) is 0 Å². The van der Waals surface area contributed by atoms with E-state index >= 15 is 0 Å². The van der Waals surface area contributed by atoms with Crippen molar-refractivity contribution in [1.29, 1.82) is 0 Å². The second kappa shape index (κ2) is 5.62. The maximum absolute atomic E-state index is 6.00. The van der Waals surface area contributed by atoms with E-state index in [1.165, 1.54) is 11.5 Å². The molecule has 1 unspecified atom stereocenters. The van der Waals surface area contributed by atoms with Crippen LogP contribution in [0.2, 0.25) is 5.02 Å². The molecule has 1 heterocycles. The van der Waals surface area contributed by atoms with Crippen LogP contribution in [0.1, 0.15) is 22.2 Å². The minimum absolute atomic E-state index is 0.170. The van der Waals surface area contributed by atoms with Gasteiger partial charge in [0.1, 0.15) is 5.75 Å². The zero-order chi connectivity index (χ0) is 13.1. The molecule has 7 heteroatoms. The smallest absolute Gasteiger partial charge is 0.137 e. The van der Waals surface area contributed by atoms with Crippen LogP contribution in [0.4, 0.5) is 0 Å². The van der Waals surface area contributed by atoms with Crippen LogP contribution in [0.5, 0.6) is 5.75 Å². The van der Waals surface area contributed by atoms with E-state index in [1.54, 1.807) is 13.2 Å². The third kappa shape index (κ3) is 2.46. The quantitative estimate of drug-likeness (QED) is 0.664. The Hall–Kier alpha value is -1.21. The maximum atomic E-state index is 6.00. The summed E-state index contributed by atoms with van der Waals surface area (Å²) >= 11 is 7.32. The topological polar surface area (TPSA) is 73.1 Å². The lowest BCUT2D eigenvalue weighted by Crippen LogP contribution is -2.28. The summed E-state index contributed by atoms with van der Waals surface area (Å²) in [6.45, 7) is 1.90. The molecule has 1 atom stereocenters. The number of halogens is 1. The van der Waals surface area contributed by atoms with Crippen LogP contribution in [0, 0.1) is 6.92 Å². The van der Waals surface area contributed by atoms with Gasteiger partial charge in [0.2, 0.25) is 0 Å². The molecule has 0 radical (unpaired) electrons. The molecule has 2 rings (SSSR count). The highest BCUT2D eigenvalue weighted by Gasteiger charge is 2.19. The molecule has 5 nitrogen and oxygen atoms in total. The van der Waals surface area contributed by atoms with Crippen molar-refractivity contribution in [2.24, 2.45) is 5.84 Å². The van der Waals surface area contributed by atoms with Crippen molar-refractivity contribution in [1.82, 2.24) is 15.0 Å². The van der Waals surface area contributed by atoms with Crippen molar-refractivity contribution in [3.63, 3.8) is 0 Å². The Bertz CT molecular complexity index is 546. The number of methoxy groups -OCH3 is 1. The van der Waals surface area contributed by atoms with Gasteiger partial charge in [0, 0.05) is 0 Å². The van der Waals surface area contributed by atoms with Gasteiger partial charge in [-0.2, -0.15) is 0 Å². The first-order chi connectivity index (χ1) is 8.67. The standard InChI is InChI=1S/C11H13ClN4OS/c1-6-11(18-16-15-6)10(14-13)7-3-4-8(12)9(5-7)17-2/h3-5,10,14H,13H2,1-2H3. The van der Waals surface area contributed by atoms with E-state index in [9.17, 15) is 0 Å². The molecule has 1 aromatic carbocycles. The predicted molar refractivity (Wildman–Crippen MR) is 71.8 cm³/mol. The van der Waals surface area contributed by atoms with E-state index in [-0.39, 0.29) is 6.04 Å². The van der Waals surface area contributed by atoms with Gasteiger partial charge >= 0.3 is 0 Å². The first kappa shape index (κ1) is 13.2. The molecule has 0 aliphatic rings. The Labute approximate surface area is 114 Å². The fourth-order valence-corrected chi connectivity index (χ4v) is 2.61. The molecule has 0 saturated carbocycles. The van der Waals surface area contributed by atoms with Crippen LogP contribution in [0.3, 0.4) is 0 Å². The van der Waals surface area contributed by atoms with Gasteiger partial charge in [-0.05, 0) is 36.2 Å². The van der Waals surface area contributed by atoms with Gasteiger partial charge in [-0.25, -0.2) is 5.43 Å². The largest absolute Gasteiger partial charge is 0.495 e. The number of hydrogen-bond acceptors (Lipinski definition) is 6. The molecule has 0 spiro atoms. The van der Waals surface area contributed by atoms with E-state index < -0.39 is 0 Å². The average molecular weight is 285 g/mol. The fraction of sp³-hybridized carbons (Fsp3) is 0.273. The number of hydrogen-bond donors (Lipinski definition) is 2. The molecule has 18 heavy (non-hydrogen) atoms. The Kier molecular flexibility index (Phi) is 4.13. The SMILES string of the molecule is COc1cc(C(NN)c2snnc2C)ccc1Cl. The highest BCUT2D eigenvalue weighted by molar-refractivity contribution is 7.05. The summed E-state index contributed by atoms with van der Waals surface area (Å²) in [6, 6.07) is 5.36. The number of nitrogens with one attached hydrogen (secondary N) is 1. The lowest BCUT2D eigenvalue weighted by molar-refractivity contribution is 0.414. The summed E-state index contributed by atoms with van der Waals surface area (Å²) < 4.78 is 9.11. The first-order valence-electron chi connectivity index (χ1n) is 5.25. The van der Waals surface area contributed by atoms with Gasteiger partial charge in [0.15, 0.2) is 0 Å². The Morgan fingerprint density at radius 3 is 2.83 bits per heavy atom. The van der Waals surface area contributed by atoms with Gasteiger partial charge in [-0.1, -0.05) is 22.2 Å². The van der Waals surface area contributed by atoms with Crippen molar-refractivity contribution < 1.29 is 4.74 Å². The minimum atomic E-state index is -0.170. The monoisotopic (exact) mass is 284 g/mol. The summed E-state index contributed by atoms with van der Waals surface area (Å²) in [6.07, 6.45) is 0. The second-order valence-corrected chi connectivity index (χ2v) is 4.91. The maximum Gasteiger partial charge on any atom is 0.137 e. The van der Waals surface area contributed by atoms with Crippen molar-refractivity contribution in [2.75, 3.05) is 7.11 Å². The summed E-state index contributed by atoms with van der Waals surface area (Å²) in [5, 5.41) is 4.55. The molecule has 0 aliphatic heterocycles. The van der Waals surface area contributed by atoms with Crippen LogP contribution >= 0.6 is 23.1 Å². The number of aromatic nitrogens is 2. The minimum Gasteiger partial charge on any atom is -0.495 e. The molecular formula is C11H13ClN4OS. The van der Waals surface area contributed by atoms with Crippen molar-refractivity contribution in [2.45, 2.75) is 13.0 Å². The molecule has 96 valence electrons. The van der Waals surface area contributed by atoms with Crippen molar-refractivity contribution >= 4 is 23.1 Å². The van der Waals surface area contributed by atoms with E-state index in [4.69, 9.17) is 22.2 Å². The van der Waals surface area contributed by atoms with Crippen LogP contribution in [0.15, 0.2) is 18.2 Å². The van der Waals surface area contributed by atoms with Crippen molar-refractivity contribution in [3.05, 3.63) is 39.4 Å². The summed E-state index contributed by atoms with van der Waals surface area (Å²) in [5.74, 6) is 6.24. The molecule has 1 aromatic heterocycles. The Morgan fingerprint density at radius 1 is 1.50 bits per heavy atom. The summed E-state index contributed by atoms with van der Waals surface area (Å²) in [4.78, 5) is 0.974. The van der Waals surface area contributed by atoms with Gasteiger partial charge in [0.05, 0.1) is 28.7 Å². The molecule has 0 aliphatic carbocycles. The van der Waals surface area contributed by atoms with E-state index in [0.717, 1.165) is 16.1 Å². The zero-order valence-corrected chi connectivity index (χ0v) is 11.5.